The molecule has 30 heavy (non-hydrogen) atoms. The first kappa shape index (κ1) is 24.8. The zero-order valence-corrected chi connectivity index (χ0v) is 15.6. The molecule has 0 spiro atoms. The molecule has 0 aliphatic carbocycles. The molecular weight excluding hydrogens is 420 g/mol. The van der Waals surface area contributed by atoms with Crippen molar-refractivity contribution in [2.45, 2.75) is 38.7 Å². The zero-order valence-electron chi connectivity index (χ0n) is 15.6. The van der Waals surface area contributed by atoms with Gasteiger partial charge < -0.3 is 15.7 Å². The van der Waals surface area contributed by atoms with Crippen LogP contribution in [-0.2, 0) is 21.9 Å². The average molecular weight is 437 g/mol. The molecule has 1 rings (SSSR count). The summed E-state index contributed by atoms with van der Waals surface area (Å²) in [5.74, 6) is -2.64. The van der Waals surface area contributed by atoms with Crippen LogP contribution in [0.3, 0.4) is 0 Å². The minimum Gasteiger partial charge on any atom is -0.480 e. The standard InChI is InChI=1S/C18H17F6N3O3/c1-9(2)3-14(16(29)30)27-15(28)10(7-25)8-26-13-5-11(17(19,20)21)4-12(6-13)18(22,23)24/h4-6,8-9,14,26H,3H2,1-2H3,(H,27,28)(H,29,30)/b10-8-. The predicted molar refractivity (Wildman–Crippen MR) is 92.8 cm³/mol. The third kappa shape index (κ3) is 7.31. The van der Waals surface area contributed by atoms with Crippen molar-refractivity contribution in [1.82, 2.24) is 5.32 Å². The summed E-state index contributed by atoms with van der Waals surface area (Å²) in [5.41, 5.74) is -4.58. The van der Waals surface area contributed by atoms with Crippen molar-refractivity contribution in [3.8, 4) is 6.07 Å². The van der Waals surface area contributed by atoms with E-state index in [0.717, 1.165) is 0 Å². The molecule has 0 fully saturated rings. The number of hydrogen-bond donors (Lipinski definition) is 3. The van der Waals surface area contributed by atoms with Gasteiger partial charge in [0, 0.05) is 11.9 Å². The molecule has 0 bridgehead atoms. The number of carbonyl (C=O) groups is 2. The van der Waals surface area contributed by atoms with Gasteiger partial charge in [-0.1, -0.05) is 13.8 Å². The van der Waals surface area contributed by atoms with Crippen LogP contribution in [0.15, 0.2) is 30.0 Å². The number of alkyl halides is 6. The second-order valence-corrected chi connectivity index (χ2v) is 6.60. The Morgan fingerprint density at radius 2 is 1.60 bits per heavy atom. The van der Waals surface area contributed by atoms with Crippen LogP contribution in [0.1, 0.15) is 31.4 Å². The number of carboxylic acid groups (broad SMARTS) is 1. The van der Waals surface area contributed by atoms with Crippen LogP contribution in [0.2, 0.25) is 0 Å². The third-order valence-corrected chi connectivity index (χ3v) is 3.65. The maximum Gasteiger partial charge on any atom is 0.416 e. The quantitative estimate of drug-likeness (QED) is 0.338. The van der Waals surface area contributed by atoms with E-state index in [-0.39, 0.29) is 18.4 Å². The SMILES string of the molecule is CC(C)CC(NC(=O)/C(C#N)=C\Nc1cc(C(F)(F)F)cc(C(F)(F)F)c1)C(=O)O. The van der Waals surface area contributed by atoms with Gasteiger partial charge >= 0.3 is 18.3 Å². The molecule has 1 aromatic carbocycles. The minimum absolute atomic E-state index is 0.0375. The van der Waals surface area contributed by atoms with E-state index in [2.05, 4.69) is 10.6 Å². The summed E-state index contributed by atoms with van der Waals surface area (Å²) >= 11 is 0. The average Bonchev–Trinajstić information content (AvgIpc) is 2.59. The molecule has 12 heteroatoms. The molecule has 0 heterocycles. The normalized spacial score (nSPS) is 13.5. The lowest BCUT2D eigenvalue weighted by atomic mass is 10.0. The lowest BCUT2D eigenvalue weighted by Gasteiger charge is -2.16. The molecule has 0 aliphatic rings. The van der Waals surface area contributed by atoms with Gasteiger partial charge in [-0.25, -0.2) is 4.79 Å². The van der Waals surface area contributed by atoms with E-state index >= 15 is 0 Å². The number of nitrogens with one attached hydrogen (secondary N) is 2. The lowest BCUT2D eigenvalue weighted by molar-refractivity contribution is -0.143. The highest BCUT2D eigenvalue weighted by Gasteiger charge is 2.37. The Morgan fingerprint density at radius 3 is 1.97 bits per heavy atom. The first-order chi connectivity index (χ1) is 13.6. The number of nitrogens with zero attached hydrogens (tertiary/aromatic N) is 1. The van der Waals surface area contributed by atoms with Crippen molar-refractivity contribution >= 4 is 17.6 Å². The number of amides is 1. The lowest BCUT2D eigenvalue weighted by Crippen LogP contribution is -2.42. The van der Waals surface area contributed by atoms with Gasteiger partial charge in [-0.15, -0.1) is 0 Å². The van der Waals surface area contributed by atoms with Crippen molar-refractivity contribution in [1.29, 1.82) is 5.26 Å². The van der Waals surface area contributed by atoms with Gasteiger partial charge in [0.1, 0.15) is 17.7 Å². The van der Waals surface area contributed by atoms with E-state index in [4.69, 9.17) is 10.4 Å². The molecule has 0 aliphatic heterocycles. The molecule has 0 radical (unpaired) electrons. The van der Waals surface area contributed by atoms with Gasteiger partial charge in [0.2, 0.25) is 0 Å². The summed E-state index contributed by atoms with van der Waals surface area (Å²) < 4.78 is 77.2. The Bertz CT molecular complexity index is 837. The Morgan fingerprint density at radius 1 is 1.10 bits per heavy atom. The van der Waals surface area contributed by atoms with Crippen LogP contribution in [0.25, 0.3) is 0 Å². The van der Waals surface area contributed by atoms with E-state index in [1.165, 1.54) is 6.07 Å². The van der Waals surface area contributed by atoms with Crippen LogP contribution < -0.4 is 10.6 Å². The Hall–Kier alpha value is -3.23. The summed E-state index contributed by atoms with van der Waals surface area (Å²) in [4.78, 5) is 23.3. The second kappa shape index (κ2) is 9.51. The van der Waals surface area contributed by atoms with Gasteiger partial charge in [-0.05, 0) is 30.5 Å². The number of carbonyl (C=O) groups excluding carboxylic acids is 1. The second-order valence-electron chi connectivity index (χ2n) is 6.60. The van der Waals surface area contributed by atoms with Crippen LogP contribution in [0.4, 0.5) is 32.0 Å². The van der Waals surface area contributed by atoms with Gasteiger partial charge in [0.05, 0.1) is 11.1 Å². The molecule has 0 aromatic heterocycles. The number of aliphatic carboxylic acids is 1. The van der Waals surface area contributed by atoms with Gasteiger partial charge in [0.25, 0.3) is 5.91 Å². The number of halogens is 6. The first-order valence-corrected chi connectivity index (χ1v) is 8.35. The number of benzene rings is 1. The predicted octanol–water partition coefficient (Wildman–Crippen LogP) is 4.16. The highest BCUT2D eigenvalue weighted by molar-refractivity contribution is 5.99. The zero-order chi connectivity index (χ0) is 23.3. The van der Waals surface area contributed by atoms with Crippen molar-refractivity contribution < 1.29 is 41.0 Å². The summed E-state index contributed by atoms with van der Waals surface area (Å²) in [7, 11) is 0. The number of nitriles is 1. The molecule has 1 aromatic rings. The van der Waals surface area contributed by atoms with Crippen molar-refractivity contribution in [2.24, 2.45) is 5.92 Å². The van der Waals surface area contributed by atoms with Crippen LogP contribution in [-0.4, -0.2) is 23.0 Å². The van der Waals surface area contributed by atoms with Gasteiger partial charge in [-0.2, -0.15) is 31.6 Å². The van der Waals surface area contributed by atoms with Crippen LogP contribution >= 0.6 is 0 Å². The van der Waals surface area contributed by atoms with Gasteiger partial charge in [0.15, 0.2) is 0 Å². The molecular formula is C18H17F6N3O3. The maximum absolute atomic E-state index is 12.9. The first-order valence-electron chi connectivity index (χ1n) is 8.35. The van der Waals surface area contributed by atoms with E-state index in [1.54, 1.807) is 13.8 Å². The Labute approximate surface area is 167 Å². The number of anilines is 1. The van der Waals surface area contributed by atoms with E-state index in [1.807, 2.05) is 0 Å². The smallest absolute Gasteiger partial charge is 0.416 e. The topological polar surface area (TPSA) is 102 Å². The molecule has 1 atom stereocenters. The Kier molecular flexibility index (Phi) is 7.87. The molecule has 0 saturated carbocycles. The largest absolute Gasteiger partial charge is 0.480 e. The molecule has 1 unspecified atom stereocenters. The summed E-state index contributed by atoms with van der Waals surface area (Å²) in [6.07, 6.45) is -9.50. The molecule has 3 N–H and O–H groups in total. The van der Waals surface area contributed by atoms with E-state index < -0.39 is 52.7 Å². The summed E-state index contributed by atoms with van der Waals surface area (Å²) in [6.45, 7) is 3.38. The number of hydrogen-bond acceptors (Lipinski definition) is 4. The maximum atomic E-state index is 12.9. The monoisotopic (exact) mass is 437 g/mol. The molecule has 1 amide bonds. The fraction of sp³-hybridized carbons (Fsp3) is 0.389. The molecule has 6 nitrogen and oxygen atoms in total. The highest BCUT2D eigenvalue weighted by atomic mass is 19.4. The Balaban J connectivity index is 3.17. The third-order valence-electron chi connectivity index (χ3n) is 3.65. The minimum atomic E-state index is -5.07. The number of carboxylic acids is 1. The highest BCUT2D eigenvalue weighted by Crippen LogP contribution is 2.37. The summed E-state index contributed by atoms with van der Waals surface area (Å²) in [5, 5.41) is 22.3. The number of rotatable bonds is 7. The van der Waals surface area contributed by atoms with Crippen LogP contribution in [0.5, 0.6) is 0 Å². The fourth-order valence-corrected chi connectivity index (χ4v) is 2.27. The summed E-state index contributed by atoms with van der Waals surface area (Å²) in [6, 6.07) is 0.747. The molecule has 0 saturated heterocycles. The van der Waals surface area contributed by atoms with Gasteiger partial charge in [-0.3, -0.25) is 4.79 Å². The fourth-order valence-electron chi connectivity index (χ4n) is 2.27. The van der Waals surface area contributed by atoms with Crippen molar-refractivity contribution in [3.05, 3.63) is 41.1 Å². The van der Waals surface area contributed by atoms with Crippen molar-refractivity contribution in [2.75, 3.05) is 5.32 Å². The van der Waals surface area contributed by atoms with Crippen molar-refractivity contribution in [3.63, 3.8) is 0 Å². The van der Waals surface area contributed by atoms with E-state index in [9.17, 15) is 35.9 Å². The van der Waals surface area contributed by atoms with E-state index in [0.29, 0.717) is 18.3 Å². The molecule has 164 valence electrons. The van der Waals surface area contributed by atoms with Crippen LogP contribution in [0, 0.1) is 17.2 Å².